The molecule has 1 aliphatic rings. The zero-order chi connectivity index (χ0) is 19.4. The Labute approximate surface area is 157 Å². The molecule has 2 unspecified atom stereocenters. The maximum absolute atomic E-state index is 12.9. The Kier molecular flexibility index (Phi) is 5.64. The summed E-state index contributed by atoms with van der Waals surface area (Å²) in [6.45, 7) is 1.91. The number of carbonyl (C=O) groups excluding carboxylic acids is 3. The zero-order valence-electron chi connectivity index (χ0n) is 15.0. The van der Waals surface area contributed by atoms with Crippen LogP contribution in [0, 0.1) is 17.7 Å². The van der Waals surface area contributed by atoms with Crippen LogP contribution in [-0.4, -0.2) is 24.1 Å². The second-order valence-electron chi connectivity index (χ2n) is 6.74. The second-order valence-corrected chi connectivity index (χ2v) is 6.74. The fourth-order valence-electron chi connectivity index (χ4n) is 2.94. The average molecular weight is 368 g/mol. The van der Waals surface area contributed by atoms with Gasteiger partial charge in [-0.1, -0.05) is 24.3 Å². The lowest BCUT2D eigenvalue weighted by Gasteiger charge is -2.07. The quantitative estimate of drug-likeness (QED) is 0.738. The first-order chi connectivity index (χ1) is 12.9. The summed E-state index contributed by atoms with van der Waals surface area (Å²) in [5.41, 5.74) is 2.01. The molecule has 2 aromatic rings. The first-order valence-corrected chi connectivity index (χ1v) is 8.88. The highest BCUT2D eigenvalue weighted by atomic mass is 19.1. The number of rotatable bonds is 7. The molecule has 3 rings (SSSR count). The topological polar surface area (TPSA) is 75.3 Å². The molecule has 0 heterocycles. The molecule has 5 nitrogen and oxygen atoms in total. The number of anilines is 1. The molecule has 0 radical (unpaired) electrons. The number of halogens is 1. The minimum Gasteiger partial charge on any atom is -0.356 e. The molecule has 0 aromatic heterocycles. The molecule has 0 spiro atoms. The maximum atomic E-state index is 12.9. The van der Waals surface area contributed by atoms with E-state index in [1.54, 1.807) is 36.4 Å². The lowest BCUT2D eigenvalue weighted by atomic mass is 10.1. The maximum Gasteiger partial charge on any atom is 0.228 e. The van der Waals surface area contributed by atoms with Crippen molar-refractivity contribution >= 4 is 23.3 Å². The summed E-state index contributed by atoms with van der Waals surface area (Å²) in [7, 11) is 0. The Morgan fingerprint density at radius 2 is 1.74 bits per heavy atom. The van der Waals surface area contributed by atoms with Crippen LogP contribution >= 0.6 is 0 Å². The third-order valence-electron chi connectivity index (χ3n) is 4.63. The van der Waals surface area contributed by atoms with Crippen molar-refractivity contribution in [2.24, 2.45) is 11.8 Å². The lowest BCUT2D eigenvalue weighted by Crippen LogP contribution is -2.29. The van der Waals surface area contributed by atoms with Crippen LogP contribution in [0.3, 0.4) is 0 Å². The summed E-state index contributed by atoms with van der Waals surface area (Å²) < 4.78 is 12.9. The molecule has 140 valence electrons. The highest BCUT2D eigenvalue weighted by molar-refractivity contribution is 6.01. The number of hydrogen-bond donors (Lipinski definition) is 2. The normalized spacial score (nSPS) is 17.9. The molecule has 2 aromatic carbocycles. The smallest absolute Gasteiger partial charge is 0.228 e. The van der Waals surface area contributed by atoms with Crippen molar-refractivity contribution in [3.05, 3.63) is 65.5 Å². The minimum absolute atomic E-state index is 0.0732. The van der Waals surface area contributed by atoms with E-state index in [0.29, 0.717) is 30.6 Å². The predicted octanol–water partition coefficient (Wildman–Crippen LogP) is 2.96. The SMILES string of the molecule is CC(=O)c1cccc(NC(=O)C2CC2C(=O)NCCc2ccc(F)cc2)c1. The van der Waals surface area contributed by atoms with Gasteiger partial charge in [-0.2, -0.15) is 0 Å². The van der Waals surface area contributed by atoms with Crippen molar-refractivity contribution in [1.82, 2.24) is 5.32 Å². The van der Waals surface area contributed by atoms with Crippen molar-refractivity contribution in [1.29, 1.82) is 0 Å². The molecule has 0 aliphatic heterocycles. The number of amides is 2. The van der Waals surface area contributed by atoms with E-state index < -0.39 is 0 Å². The molecule has 1 fully saturated rings. The van der Waals surface area contributed by atoms with Gasteiger partial charge in [0.05, 0.1) is 11.8 Å². The Morgan fingerprint density at radius 3 is 2.44 bits per heavy atom. The van der Waals surface area contributed by atoms with Crippen LogP contribution in [0.5, 0.6) is 0 Å². The van der Waals surface area contributed by atoms with Crippen LogP contribution in [-0.2, 0) is 16.0 Å². The number of hydrogen-bond acceptors (Lipinski definition) is 3. The third-order valence-corrected chi connectivity index (χ3v) is 4.63. The van der Waals surface area contributed by atoms with E-state index in [4.69, 9.17) is 0 Å². The number of Topliss-reactive ketones (excluding diaryl/α,β-unsaturated/α-hetero) is 1. The van der Waals surface area contributed by atoms with Crippen molar-refractivity contribution < 1.29 is 18.8 Å². The summed E-state index contributed by atoms with van der Waals surface area (Å²) in [6.07, 6.45) is 1.12. The molecule has 1 saturated carbocycles. The molecule has 0 saturated heterocycles. The number of benzene rings is 2. The van der Waals surface area contributed by atoms with Gasteiger partial charge in [0.15, 0.2) is 5.78 Å². The molecule has 27 heavy (non-hydrogen) atoms. The van der Waals surface area contributed by atoms with Crippen LogP contribution < -0.4 is 10.6 Å². The predicted molar refractivity (Wildman–Crippen MR) is 99.8 cm³/mol. The van der Waals surface area contributed by atoms with Gasteiger partial charge in [0, 0.05) is 17.8 Å². The standard InChI is InChI=1S/C21H21FN2O3/c1-13(25)15-3-2-4-17(11-15)24-21(27)19-12-18(19)20(26)23-10-9-14-5-7-16(22)8-6-14/h2-8,11,18-19H,9-10,12H2,1H3,(H,23,26)(H,24,27). The summed E-state index contributed by atoms with van der Waals surface area (Å²) in [4.78, 5) is 35.9. The first-order valence-electron chi connectivity index (χ1n) is 8.88. The Hall–Kier alpha value is -3.02. The number of ketones is 1. The largest absolute Gasteiger partial charge is 0.356 e. The number of nitrogens with one attached hydrogen (secondary N) is 2. The van der Waals surface area contributed by atoms with E-state index in [2.05, 4.69) is 10.6 Å². The van der Waals surface area contributed by atoms with Crippen LogP contribution in [0.4, 0.5) is 10.1 Å². The highest BCUT2D eigenvalue weighted by Crippen LogP contribution is 2.39. The van der Waals surface area contributed by atoms with E-state index in [1.165, 1.54) is 19.1 Å². The molecule has 6 heteroatoms. The molecular formula is C21H21FN2O3. The molecule has 2 atom stereocenters. The van der Waals surface area contributed by atoms with Crippen LogP contribution in [0.2, 0.25) is 0 Å². The van der Waals surface area contributed by atoms with Gasteiger partial charge in [0.25, 0.3) is 0 Å². The summed E-state index contributed by atoms with van der Waals surface area (Å²) in [5.74, 6) is -1.39. The highest BCUT2D eigenvalue weighted by Gasteiger charge is 2.47. The minimum atomic E-state index is -0.350. The van der Waals surface area contributed by atoms with Gasteiger partial charge in [-0.15, -0.1) is 0 Å². The summed E-state index contributed by atoms with van der Waals surface area (Å²) in [5, 5.41) is 5.59. The van der Waals surface area contributed by atoms with Gasteiger partial charge in [-0.05, 0) is 49.6 Å². The van der Waals surface area contributed by atoms with Crippen molar-refractivity contribution in [2.45, 2.75) is 19.8 Å². The monoisotopic (exact) mass is 368 g/mol. The summed E-state index contributed by atoms with van der Waals surface area (Å²) >= 11 is 0. The second kappa shape index (κ2) is 8.12. The van der Waals surface area contributed by atoms with Gasteiger partial charge in [0.1, 0.15) is 5.82 Å². The van der Waals surface area contributed by atoms with E-state index >= 15 is 0 Å². The van der Waals surface area contributed by atoms with E-state index in [0.717, 1.165) is 5.56 Å². The third kappa shape index (κ3) is 5.00. The molecule has 0 bridgehead atoms. The van der Waals surface area contributed by atoms with E-state index in [9.17, 15) is 18.8 Å². The summed E-state index contributed by atoms with van der Waals surface area (Å²) in [6, 6.07) is 12.9. The number of carbonyl (C=O) groups is 3. The van der Waals surface area contributed by atoms with Crippen molar-refractivity contribution in [3.63, 3.8) is 0 Å². The Bertz CT molecular complexity index is 864. The molecular weight excluding hydrogens is 347 g/mol. The Balaban J connectivity index is 1.44. The van der Waals surface area contributed by atoms with Crippen LogP contribution in [0.25, 0.3) is 0 Å². The van der Waals surface area contributed by atoms with Gasteiger partial charge in [0.2, 0.25) is 11.8 Å². The molecule has 1 aliphatic carbocycles. The first kappa shape index (κ1) is 18.8. The fourth-order valence-corrected chi connectivity index (χ4v) is 2.94. The van der Waals surface area contributed by atoms with Crippen molar-refractivity contribution in [3.8, 4) is 0 Å². The molecule has 2 N–H and O–H groups in total. The van der Waals surface area contributed by atoms with Gasteiger partial charge in [-0.3, -0.25) is 14.4 Å². The zero-order valence-corrected chi connectivity index (χ0v) is 15.0. The van der Waals surface area contributed by atoms with E-state index in [-0.39, 0.29) is 35.3 Å². The lowest BCUT2D eigenvalue weighted by molar-refractivity contribution is -0.125. The van der Waals surface area contributed by atoms with Gasteiger partial charge in [-0.25, -0.2) is 4.39 Å². The Morgan fingerprint density at radius 1 is 1.04 bits per heavy atom. The van der Waals surface area contributed by atoms with Gasteiger partial charge >= 0.3 is 0 Å². The van der Waals surface area contributed by atoms with Crippen molar-refractivity contribution in [2.75, 3.05) is 11.9 Å². The average Bonchev–Trinajstić information content (AvgIpc) is 3.44. The molecule has 2 amide bonds. The van der Waals surface area contributed by atoms with E-state index in [1.807, 2.05) is 0 Å². The van der Waals surface area contributed by atoms with Crippen LogP contribution in [0.15, 0.2) is 48.5 Å². The van der Waals surface area contributed by atoms with Crippen LogP contribution in [0.1, 0.15) is 29.3 Å². The fraction of sp³-hybridized carbons (Fsp3) is 0.286. The van der Waals surface area contributed by atoms with Gasteiger partial charge < -0.3 is 10.6 Å².